The van der Waals surface area contributed by atoms with E-state index in [4.69, 9.17) is 4.74 Å². The van der Waals surface area contributed by atoms with Crippen molar-refractivity contribution in [1.29, 1.82) is 0 Å². The summed E-state index contributed by atoms with van der Waals surface area (Å²) in [6.07, 6.45) is 1.80. The Labute approximate surface area is 89.5 Å². The summed E-state index contributed by atoms with van der Waals surface area (Å²) < 4.78 is 5.39. The van der Waals surface area contributed by atoms with Crippen LogP contribution in [-0.4, -0.2) is 25.1 Å². The lowest BCUT2D eigenvalue weighted by Crippen LogP contribution is -2.27. The van der Waals surface area contributed by atoms with E-state index in [9.17, 15) is 0 Å². The van der Waals surface area contributed by atoms with Crippen molar-refractivity contribution in [3.05, 3.63) is 43.0 Å². The zero-order valence-electron chi connectivity index (χ0n) is 8.52. The Morgan fingerprint density at radius 3 is 2.80 bits per heavy atom. The molecule has 0 aromatic heterocycles. The fraction of sp³-hybridized carbons (Fsp3) is 0.250. The van der Waals surface area contributed by atoms with Gasteiger partial charge < -0.3 is 10.1 Å². The van der Waals surface area contributed by atoms with Crippen LogP contribution in [0.25, 0.3) is 0 Å². The third kappa shape index (κ3) is 2.37. The van der Waals surface area contributed by atoms with Crippen molar-refractivity contribution in [2.45, 2.75) is 6.04 Å². The highest BCUT2D eigenvalue weighted by Crippen LogP contribution is 2.10. The number of hydrogen-bond donors (Lipinski definition) is 1. The van der Waals surface area contributed by atoms with E-state index in [0.717, 1.165) is 18.1 Å². The minimum atomic E-state index is -0.0325. The van der Waals surface area contributed by atoms with Crippen molar-refractivity contribution in [2.24, 2.45) is 4.99 Å². The van der Waals surface area contributed by atoms with Crippen molar-refractivity contribution in [3.63, 3.8) is 0 Å². The molecule has 0 bridgehead atoms. The summed E-state index contributed by atoms with van der Waals surface area (Å²) in [5.74, 6) is 0.730. The number of anilines is 1. The maximum absolute atomic E-state index is 5.39. The lowest BCUT2D eigenvalue weighted by molar-refractivity contribution is 0.339. The first-order chi connectivity index (χ1) is 7.40. The molecule has 0 saturated heterocycles. The monoisotopic (exact) mass is 202 g/mol. The van der Waals surface area contributed by atoms with Crippen LogP contribution in [0.1, 0.15) is 0 Å². The number of ether oxygens (including phenoxy) is 1. The van der Waals surface area contributed by atoms with Crippen molar-refractivity contribution >= 4 is 11.6 Å². The average molecular weight is 202 g/mol. The summed E-state index contributed by atoms with van der Waals surface area (Å²) in [4.78, 5) is 4.26. The molecule has 1 aliphatic rings. The predicted molar refractivity (Wildman–Crippen MR) is 62.3 cm³/mol. The molecule has 2 rings (SSSR count). The minimum Gasteiger partial charge on any atom is -0.477 e. The fourth-order valence-corrected chi connectivity index (χ4v) is 1.48. The Bertz CT molecular complexity index is 359. The lowest BCUT2D eigenvalue weighted by atomic mass is 10.2. The molecule has 0 spiro atoms. The molecule has 1 heterocycles. The lowest BCUT2D eigenvalue weighted by Gasteiger charge is -2.15. The van der Waals surface area contributed by atoms with E-state index in [1.165, 1.54) is 0 Å². The second-order valence-corrected chi connectivity index (χ2v) is 3.29. The number of aliphatic imine (C=N–C) groups is 1. The van der Waals surface area contributed by atoms with E-state index in [-0.39, 0.29) is 6.04 Å². The van der Waals surface area contributed by atoms with Gasteiger partial charge in [-0.25, -0.2) is 4.99 Å². The number of nitrogens with zero attached hydrogens (tertiary/aromatic N) is 1. The molecule has 1 aromatic rings. The van der Waals surface area contributed by atoms with Gasteiger partial charge in [-0.1, -0.05) is 24.3 Å². The molecular weight excluding hydrogens is 188 g/mol. The molecule has 0 saturated carbocycles. The molecule has 15 heavy (non-hydrogen) atoms. The molecule has 1 aliphatic heterocycles. The second-order valence-electron chi connectivity index (χ2n) is 3.29. The predicted octanol–water partition coefficient (Wildman–Crippen LogP) is 2.08. The maximum Gasteiger partial charge on any atom is 0.210 e. The second kappa shape index (κ2) is 4.64. The molecule has 78 valence electrons. The smallest absolute Gasteiger partial charge is 0.210 e. The Kier molecular flexibility index (Phi) is 3.02. The van der Waals surface area contributed by atoms with Crippen LogP contribution >= 0.6 is 0 Å². The summed E-state index contributed by atoms with van der Waals surface area (Å²) in [6.45, 7) is 5.20. The Balaban J connectivity index is 2.05. The zero-order valence-corrected chi connectivity index (χ0v) is 8.52. The van der Waals surface area contributed by atoms with Gasteiger partial charge in [0.1, 0.15) is 12.6 Å². The minimum absolute atomic E-state index is 0.0325. The molecule has 1 N–H and O–H groups in total. The molecular formula is C12H14N2O. The van der Waals surface area contributed by atoms with Crippen molar-refractivity contribution in [1.82, 2.24) is 0 Å². The van der Waals surface area contributed by atoms with Gasteiger partial charge in [0.15, 0.2) is 0 Å². The van der Waals surface area contributed by atoms with Gasteiger partial charge in [-0.15, -0.1) is 6.58 Å². The third-order valence-electron chi connectivity index (χ3n) is 2.21. The zero-order chi connectivity index (χ0) is 10.5. The number of rotatable bonds is 4. The van der Waals surface area contributed by atoms with Crippen LogP contribution in [-0.2, 0) is 4.74 Å². The maximum atomic E-state index is 5.39. The molecule has 0 amide bonds. The van der Waals surface area contributed by atoms with Crippen LogP contribution < -0.4 is 5.32 Å². The largest absolute Gasteiger partial charge is 0.477 e. The van der Waals surface area contributed by atoms with Gasteiger partial charge in [0.05, 0.1) is 6.54 Å². The summed E-state index contributed by atoms with van der Waals surface area (Å²) in [5, 5.41) is 3.30. The van der Waals surface area contributed by atoms with Gasteiger partial charge in [-0.2, -0.15) is 0 Å². The Morgan fingerprint density at radius 2 is 2.20 bits per heavy atom. The number of benzene rings is 1. The van der Waals surface area contributed by atoms with Crippen LogP contribution in [0.15, 0.2) is 48.0 Å². The van der Waals surface area contributed by atoms with E-state index >= 15 is 0 Å². The van der Waals surface area contributed by atoms with Crippen molar-refractivity contribution < 1.29 is 4.74 Å². The van der Waals surface area contributed by atoms with Crippen molar-refractivity contribution in [2.75, 3.05) is 18.5 Å². The van der Waals surface area contributed by atoms with Crippen LogP contribution in [0.2, 0.25) is 0 Å². The number of nitrogens with one attached hydrogen (secondary N) is 1. The van der Waals surface area contributed by atoms with Gasteiger partial charge in [-0.3, -0.25) is 0 Å². The molecule has 3 heteroatoms. The van der Waals surface area contributed by atoms with Crippen LogP contribution in [0.4, 0.5) is 5.69 Å². The van der Waals surface area contributed by atoms with Crippen LogP contribution in [0.3, 0.4) is 0 Å². The first-order valence-electron chi connectivity index (χ1n) is 5.01. The fourth-order valence-electron chi connectivity index (χ4n) is 1.48. The van der Waals surface area contributed by atoms with E-state index < -0.39 is 0 Å². The average Bonchev–Trinajstić information content (AvgIpc) is 2.81. The summed E-state index contributed by atoms with van der Waals surface area (Å²) in [5.41, 5.74) is 1.04. The van der Waals surface area contributed by atoms with E-state index in [2.05, 4.69) is 16.9 Å². The highest BCUT2D eigenvalue weighted by atomic mass is 16.5. The molecule has 0 radical (unpaired) electrons. The van der Waals surface area contributed by atoms with E-state index in [0.29, 0.717) is 6.61 Å². The molecule has 0 fully saturated rings. The summed E-state index contributed by atoms with van der Waals surface area (Å²) in [7, 11) is 0. The Morgan fingerprint density at radius 1 is 1.40 bits per heavy atom. The Hall–Kier alpha value is -1.77. The first kappa shape index (κ1) is 9.77. The highest BCUT2D eigenvalue weighted by Gasteiger charge is 2.16. The van der Waals surface area contributed by atoms with Gasteiger partial charge in [0, 0.05) is 5.69 Å². The van der Waals surface area contributed by atoms with Gasteiger partial charge >= 0.3 is 0 Å². The number of hydrogen-bond acceptors (Lipinski definition) is 3. The first-order valence-corrected chi connectivity index (χ1v) is 5.01. The van der Waals surface area contributed by atoms with Gasteiger partial charge in [0.25, 0.3) is 0 Å². The van der Waals surface area contributed by atoms with E-state index in [1.807, 2.05) is 30.3 Å². The molecule has 1 atom stereocenters. The third-order valence-corrected chi connectivity index (χ3v) is 2.21. The molecule has 1 unspecified atom stereocenters. The van der Waals surface area contributed by atoms with Crippen LogP contribution in [0.5, 0.6) is 0 Å². The summed E-state index contributed by atoms with van der Waals surface area (Å²) >= 11 is 0. The van der Waals surface area contributed by atoms with Gasteiger partial charge in [-0.05, 0) is 12.1 Å². The van der Waals surface area contributed by atoms with Crippen molar-refractivity contribution in [3.8, 4) is 0 Å². The molecule has 0 aliphatic carbocycles. The normalized spacial score (nSPS) is 16.4. The quantitative estimate of drug-likeness (QED) is 0.758. The highest BCUT2D eigenvalue weighted by molar-refractivity contribution is 5.87. The standard InChI is InChI=1S/C12H14N2O/c1-2-11(12-13-8-9-15-12)14-10-6-4-3-5-7-10/h2-7,11,14H,1,8-9H2. The SMILES string of the molecule is C=CC(Nc1ccccc1)C1=NCCO1. The van der Waals surface area contributed by atoms with Crippen LogP contribution in [0, 0.1) is 0 Å². The molecule has 3 nitrogen and oxygen atoms in total. The van der Waals surface area contributed by atoms with E-state index in [1.54, 1.807) is 6.08 Å². The topological polar surface area (TPSA) is 33.6 Å². The number of para-hydroxylation sites is 1. The summed E-state index contributed by atoms with van der Waals surface area (Å²) in [6, 6.07) is 9.94. The van der Waals surface area contributed by atoms with Gasteiger partial charge in [0.2, 0.25) is 5.90 Å². The molecule has 1 aromatic carbocycles.